The lowest BCUT2D eigenvalue weighted by Crippen LogP contribution is -2.31. The van der Waals surface area contributed by atoms with E-state index in [9.17, 15) is 4.79 Å². The number of carbonyl (C=O) groups is 1. The number of hydrogen-bond donors (Lipinski definition) is 2. The smallest absolute Gasteiger partial charge is 0.251 e. The summed E-state index contributed by atoms with van der Waals surface area (Å²) in [6.45, 7) is 6.40. The van der Waals surface area contributed by atoms with Crippen molar-refractivity contribution in [2.75, 3.05) is 0 Å². The molecule has 0 aliphatic carbocycles. The summed E-state index contributed by atoms with van der Waals surface area (Å²) in [5.41, 5.74) is 4.25. The average molecular weight is 395 g/mol. The van der Waals surface area contributed by atoms with Crippen molar-refractivity contribution in [2.24, 2.45) is 5.92 Å². The Morgan fingerprint density at radius 1 is 1.07 bits per heavy atom. The summed E-state index contributed by atoms with van der Waals surface area (Å²) in [6.07, 6.45) is 2.51. The highest BCUT2D eigenvalue weighted by Gasteiger charge is 2.19. The molecule has 0 aliphatic heterocycles. The van der Waals surface area contributed by atoms with E-state index in [0.29, 0.717) is 11.5 Å². The minimum Gasteiger partial charge on any atom is -0.345 e. The van der Waals surface area contributed by atoms with Gasteiger partial charge in [0.15, 0.2) is 5.16 Å². The molecular formula is C22H26N4OS. The number of rotatable bonds is 8. The van der Waals surface area contributed by atoms with Gasteiger partial charge in [-0.15, -0.1) is 0 Å². The highest BCUT2D eigenvalue weighted by molar-refractivity contribution is 7.98. The molecule has 0 saturated carbocycles. The first-order valence-corrected chi connectivity index (χ1v) is 10.5. The van der Waals surface area contributed by atoms with Gasteiger partial charge in [-0.2, -0.15) is 5.10 Å². The zero-order valence-corrected chi connectivity index (χ0v) is 17.3. The Hall–Kier alpha value is -2.60. The maximum Gasteiger partial charge on any atom is 0.251 e. The van der Waals surface area contributed by atoms with Crippen molar-refractivity contribution in [3.8, 4) is 0 Å². The van der Waals surface area contributed by atoms with Crippen LogP contribution in [-0.2, 0) is 12.2 Å². The minimum absolute atomic E-state index is 0.0138. The minimum atomic E-state index is -0.0484. The first kappa shape index (κ1) is 20.1. The maximum atomic E-state index is 12.8. The molecule has 3 rings (SSSR count). The molecule has 0 fully saturated rings. The molecule has 3 aromatic rings. The molecule has 1 amide bonds. The first-order chi connectivity index (χ1) is 13.6. The molecule has 2 aromatic carbocycles. The second-order valence-electron chi connectivity index (χ2n) is 7.07. The van der Waals surface area contributed by atoms with Crippen molar-refractivity contribution >= 4 is 17.7 Å². The van der Waals surface area contributed by atoms with Gasteiger partial charge in [0.05, 0.1) is 6.04 Å². The molecule has 146 valence electrons. The molecule has 0 saturated heterocycles. The number of carbonyl (C=O) groups excluding carboxylic acids is 1. The van der Waals surface area contributed by atoms with Crippen molar-refractivity contribution in [3.63, 3.8) is 0 Å². The van der Waals surface area contributed by atoms with Gasteiger partial charge >= 0.3 is 0 Å². The molecular weight excluding hydrogens is 368 g/mol. The summed E-state index contributed by atoms with van der Waals surface area (Å²) in [4.78, 5) is 16.9. The van der Waals surface area contributed by atoms with Gasteiger partial charge in [-0.1, -0.05) is 68.9 Å². The summed E-state index contributed by atoms with van der Waals surface area (Å²) in [6, 6.07) is 16.2. The quantitative estimate of drug-likeness (QED) is 0.539. The number of aromatic nitrogens is 3. The van der Waals surface area contributed by atoms with Crippen LogP contribution in [0.3, 0.4) is 0 Å². The predicted molar refractivity (Wildman–Crippen MR) is 113 cm³/mol. The van der Waals surface area contributed by atoms with Crippen LogP contribution in [0.15, 0.2) is 60.0 Å². The van der Waals surface area contributed by atoms with E-state index < -0.39 is 0 Å². The highest BCUT2D eigenvalue weighted by Crippen LogP contribution is 2.23. The van der Waals surface area contributed by atoms with Crippen LogP contribution in [0.1, 0.15) is 53.9 Å². The average Bonchev–Trinajstić information content (AvgIpc) is 3.24. The Morgan fingerprint density at radius 3 is 2.32 bits per heavy atom. The third kappa shape index (κ3) is 5.23. The number of amides is 1. The maximum absolute atomic E-state index is 12.8. The fourth-order valence-electron chi connectivity index (χ4n) is 2.99. The van der Waals surface area contributed by atoms with E-state index in [0.717, 1.165) is 28.5 Å². The summed E-state index contributed by atoms with van der Waals surface area (Å²) in [7, 11) is 0. The van der Waals surface area contributed by atoms with Crippen molar-refractivity contribution in [3.05, 3.63) is 77.1 Å². The third-order valence-electron chi connectivity index (χ3n) is 4.68. The van der Waals surface area contributed by atoms with E-state index in [1.54, 1.807) is 11.8 Å². The van der Waals surface area contributed by atoms with E-state index in [-0.39, 0.29) is 11.9 Å². The Bertz CT molecular complexity index is 874. The number of H-pyrrole nitrogens is 1. The number of benzene rings is 2. The van der Waals surface area contributed by atoms with Gasteiger partial charge in [0, 0.05) is 11.3 Å². The molecule has 1 aromatic heterocycles. The summed E-state index contributed by atoms with van der Waals surface area (Å²) >= 11 is 1.58. The van der Waals surface area contributed by atoms with Gasteiger partial charge in [0.1, 0.15) is 6.33 Å². The third-order valence-corrected chi connectivity index (χ3v) is 5.63. The van der Waals surface area contributed by atoms with Gasteiger partial charge in [0.25, 0.3) is 5.91 Å². The molecule has 0 radical (unpaired) electrons. The van der Waals surface area contributed by atoms with E-state index >= 15 is 0 Å². The molecule has 0 spiro atoms. The van der Waals surface area contributed by atoms with Crippen LogP contribution in [-0.4, -0.2) is 21.1 Å². The Labute approximate surface area is 170 Å². The number of aryl methyl sites for hydroxylation is 1. The van der Waals surface area contributed by atoms with E-state index in [4.69, 9.17) is 0 Å². The number of hydrogen-bond acceptors (Lipinski definition) is 4. The van der Waals surface area contributed by atoms with E-state index in [2.05, 4.69) is 65.5 Å². The largest absolute Gasteiger partial charge is 0.345 e. The Morgan fingerprint density at radius 2 is 1.75 bits per heavy atom. The van der Waals surface area contributed by atoms with E-state index in [1.165, 1.54) is 11.9 Å². The summed E-state index contributed by atoms with van der Waals surface area (Å²) < 4.78 is 0. The second kappa shape index (κ2) is 9.55. The van der Waals surface area contributed by atoms with Crippen LogP contribution >= 0.6 is 11.8 Å². The standard InChI is InChI=1S/C22H26N4OS/c1-4-16-5-9-18(10-6-16)20(15(2)3)25-21(27)19-11-7-17(8-12-19)13-28-22-23-14-24-26-22/h5-12,14-15,20H,4,13H2,1-3H3,(H,25,27)(H,23,24,26). The molecule has 6 heteroatoms. The van der Waals surface area contributed by atoms with Crippen molar-refractivity contribution in [1.82, 2.24) is 20.5 Å². The first-order valence-electron chi connectivity index (χ1n) is 9.53. The van der Waals surface area contributed by atoms with Crippen LogP contribution in [0.2, 0.25) is 0 Å². The molecule has 28 heavy (non-hydrogen) atoms. The van der Waals surface area contributed by atoms with Gasteiger partial charge in [-0.25, -0.2) is 4.98 Å². The molecule has 2 N–H and O–H groups in total. The van der Waals surface area contributed by atoms with Crippen LogP contribution < -0.4 is 5.32 Å². The fourth-order valence-corrected chi connectivity index (χ4v) is 3.72. The van der Waals surface area contributed by atoms with Crippen molar-refractivity contribution in [1.29, 1.82) is 0 Å². The predicted octanol–water partition coefficient (Wildman–Crippen LogP) is 4.79. The highest BCUT2D eigenvalue weighted by atomic mass is 32.2. The van der Waals surface area contributed by atoms with Gasteiger partial charge in [-0.3, -0.25) is 9.89 Å². The lowest BCUT2D eigenvalue weighted by Gasteiger charge is -2.23. The number of nitrogens with zero attached hydrogens (tertiary/aromatic N) is 2. The molecule has 1 heterocycles. The summed E-state index contributed by atoms with van der Waals surface area (Å²) in [5.74, 6) is 1.02. The molecule has 0 bridgehead atoms. The van der Waals surface area contributed by atoms with Gasteiger partial charge < -0.3 is 5.32 Å². The van der Waals surface area contributed by atoms with Crippen LogP contribution in [0.4, 0.5) is 0 Å². The van der Waals surface area contributed by atoms with Crippen molar-refractivity contribution in [2.45, 2.75) is 44.1 Å². The number of nitrogens with one attached hydrogen (secondary N) is 2. The number of thioether (sulfide) groups is 1. The second-order valence-corrected chi connectivity index (χ2v) is 8.03. The van der Waals surface area contributed by atoms with Crippen molar-refractivity contribution < 1.29 is 4.79 Å². The van der Waals surface area contributed by atoms with Gasteiger partial charge in [-0.05, 0) is 41.2 Å². The van der Waals surface area contributed by atoms with E-state index in [1.807, 2.05) is 24.3 Å². The van der Waals surface area contributed by atoms with Crippen LogP contribution in [0.25, 0.3) is 0 Å². The molecule has 5 nitrogen and oxygen atoms in total. The molecule has 1 atom stereocenters. The lowest BCUT2D eigenvalue weighted by molar-refractivity contribution is 0.0925. The Kier molecular flexibility index (Phi) is 6.87. The van der Waals surface area contributed by atoms with Crippen LogP contribution in [0, 0.1) is 5.92 Å². The zero-order chi connectivity index (χ0) is 19.9. The summed E-state index contributed by atoms with van der Waals surface area (Å²) in [5, 5.41) is 10.6. The molecule has 1 unspecified atom stereocenters. The van der Waals surface area contributed by atoms with Gasteiger partial charge in [0.2, 0.25) is 0 Å². The monoisotopic (exact) mass is 394 g/mol. The molecule has 0 aliphatic rings. The zero-order valence-electron chi connectivity index (χ0n) is 16.5. The SMILES string of the molecule is CCc1ccc(C(NC(=O)c2ccc(CSc3ncn[nH]3)cc2)C(C)C)cc1. The Balaban J connectivity index is 1.64. The normalized spacial score (nSPS) is 12.1. The number of aromatic amines is 1. The van der Waals surface area contributed by atoms with Crippen LogP contribution in [0.5, 0.6) is 0 Å². The topological polar surface area (TPSA) is 70.7 Å². The fraction of sp³-hybridized carbons (Fsp3) is 0.318. The lowest BCUT2D eigenvalue weighted by atomic mass is 9.94.